The SMILES string of the molecule is COc1ccc(C2=CC3c4cc(Br)ccc4OC(c4cccc([N+](=O)[O-])c4)N3N2)cc1. The van der Waals surface area contributed by atoms with Crippen molar-refractivity contribution in [2.75, 3.05) is 7.11 Å². The molecule has 0 saturated heterocycles. The third-order valence-corrected chi connectivity index (χ3v) is 5.92. The van der Waals surface area contributed by atoms with E-state index in [1.807, 2.05) is 53.5 Å². The van der Waals surface area contributed by atoms with Gasteiger partial charge in [0, 0.05) is 27.7 Å². The Hall–Kier alpha value is -3.36. The first-order valence-corrected chi connectivity index (χ1v) is 10.4. The molecule has 2 unspecified atom stereocenters. The van der Waals surface area contributed by atoms with Crippen LogP contribution in [0.1, 0.15) is 29.0 Å². The maximum absolute atomic E-state index is 11.3. The predicted octanol–water partition coefficient (Wildman–Crippen LogP) is 5.36. The first-order valence-electron chi connectivity index (χ1n) is 9.65. The van der Waals surface area contributed by atoms with Crippen molar-refractivity contribution in [1.82, 2.24) is 10.4 Å². The highest BCUT2D eigenvalue weighted by atomic mass is 79.9. The summed E-state index contributed by atoms with van der Waals surface area (Å²) in [7, 11) is 1.64. The van der Waals surface area contributed by atoms with Gasteiger partial charge in [-0.1, -0.05) is 28.1 Å². The van der Waals surface area contributed by atoms with Gasteiger partial charge in [-0.2, -0.15) is 5.01 Å². The molecule has 2 aliphatic rings. The second-order valence-electron chi connectivity index (χ2n) is 7.28. The Labute approximate surface area is 187 Å². The molecule has 0 aliphatic carbocycles. The lowest BCUT2D eigenvalue weighted by atomic mass is 10.0. The molecule has 31 heavy (non-hydrogen) atoms. The normalized spacial score (nSPS) is 19.5. The van der Waals surface area contributed by atoms with E-state index in [1.54, 1.807) is 19.2 Å². The van der Waals surface area contributed by atoms with Crippen LogP contribution >= 0.6 is 15.9 Å². The number of ether oxygens (including phenoxy) is 2. The third kappa shape index (κ3) is 3.54. The van der Waals surface area contributed by atoms with Crippen LogP contribution in [0.15, 0.2) is 77.3 Å². The molecule has 8 heteroatoms. The number of nitrogens with zero attached hydrogens (tertiary/aromatic N) is 2. The molecule has 0 amide bonds. The molecule has 3 aromatic rings. The van der Waals surface area contributed by atoms with Crippen LogP contribution in [0.5, 0.6) is 11.5 Å². The number of halogens is 1. The van der Waals surface area contributed by atoms with Gasteiger partial charge in [0.1, 0.15) is 11.5 Å². The van der Waals surface area contributed by atoms with E-state index in [2.05, 4.69) is 27.4 Å². The minimum Gasteiger partial charge on any atom is -0.497 e. The number of fused-ring (bicyclic) bond motifs is 3. The number of non-ortho nitro benzene ring substituents is 1. The van der Waals surface area contributed by atoms with Crippen LogP contribution in [-0.4, -0.2) is 17.0 Å². The quantitative estimate of drug-likeness (QED) is 0.400. The fourth-order valence-corrected chi connectivity index (χ4v) is 4.29. The molecule has 0 radical (unpaired) electrons. The number of nitro benzene ring substituents is 1. The summed E-state index contributed by atoms with van der Waals surface area (Å²) >= 11 is 3.54. The molecule has 3 aromatic carbocycles. The van der Waals surface area contributed by atoms with Crippen molar-refractivity contribution in [2.45, 2.75) is 12.3 Å². The summed E-state index contributed by atoms with van der Waals surface area (Å²) < 4.78 is 12.5. The Kier molecular flexibility index (Phi) is 4.88. The van der Waals surface area contributed by atoms with Gasteiger partial charge in [0.15, 0.2) is 6.23 Å². The Balaban J connectivity index is 1.57. The molecule has 156 valence electrons. The Bertz CT molecular complexity index is 1200. The molecule has 2 atom stereocenters. The lowest BCUT2D eigenvalue weighted by Gasteiger charge is -2.39. The van der Waals surface area contributed by atoms with Crippen molar-refractivity contribution in [3.8, 4) is 11.5 Å². The standard InChI is InChI=1S/C23H18BrN3O4/c1-30-18-8-5-14(6-9-18)20-13-21-19-12-16(24)7-10-22(19)31-23(26(21)25-20)15-3-2-4-17(11-15)27(28)29/h2-13,21,23,25H,1H3. The number of hydrogen-bond donors (Lipinski definition) is 1. The number of nitro groups is 1. The summed E-state index contributed by atoms with van der Waals surface area (Å²) in [5.41, 5.74) is 7.12. The molecule has 0 aromatic heterocycles. The summed E-state index contributed by atoms with van der Waals surface area (Å²) in [5, 5.41) is 13.3. The van der Waals surface area contributed by atoms with Crippen molar-refractivity contribution in [1.29, 1.82) is 0 Å². The van der Waals surface area contributed by atoms with E-state index in [9.17, 15) is 10.1 Å². The molecule has 5 rings (SSSR count). The monoisotopic (exact) mass is 479 g/mol. The predicted molar refractivity (Wildman–Crippen MR) is 119 cm³/mol. The Morgan fingerprint density at radius 3 is 2.68 bits per heavy atom. The van der Waals surface area contributed by atoms with Crippen molar-refractivity contribution < 1.29 is 14.4 Å². The van der Waals surface area contributed by atoms with Crippen molar-refractivity contribution >= 4 is 27.3 Å². The fraction of sp³-hybridized carbons (Fsp3) is 0.130. The van der Waals surface area contributed by atoms with Gasteiger partial charge in [0.2, 0.25) is 0 Å². The van der Waals surface area contributed by atoms with Crippen LogP contribution in [0.4, 0.5) is 5.69 Å². The molecule has 1 N–H and O–H groups in total. The molecule has 0 fully saturated rings. The largest absolute Gasteiger partial charge is 0.497 e. The molecule has 0 bridgehead atoms. The fourth-order valence-electron chi connectivity index (χ4n) is 3.91. The average Bonchev–Trinajstić information content (AvgIpc) is 3.24. The maximum Gasteiger partial charge on any atom is 0.269 e. The van der Waals surface area contributed by atoms with Gasteiger partial charge in [-0.25, -0.2) is 0 Å². The van der Waals surface area contributed by atoms with Crippen molar-refractivity contribution in [3.05, 3.63) is 104 Å². The Morgan fingerprint density at radius 1 is 1.13 bits per heavy atom. The van der Waals surface area contributed by atoms with Gasteiger partial charge in [-0.3, -0.25) is 10.1 Å². The van der Waals surface area contributed by atoms with Crippen LogP contribution < -0.4 is 14.9 Å². The topological polar surface area (TPSA) is 76.9 Å². The molecule has 7 nitrogen and oxygen atoms in total. The average molecular weight is 480 g/mol. The second-order valence-corrected chi connectivity index (χ2v) is 8.19. The highest BCUT2D eigenvalue weighted by molar-refractivity contribution is 9.10. The van der Waals surface area contributed by atoms with Gasteiger partial charge >= 0.3 is 0 Å². The molecular formula is C23H18BrN3O4. The first-order chi connectivity index (χ1) is 15.0. The lowest BCUT2D eigenvalue weighted by Crippen LogP contribution is -2.43. The maximum atomic E-state index is 11.3. The van der Waals surface area contributed by atoms with E-state index in [-0.39, 0.29) is 11.7 Å². The van der Waals surface area contributed by atoms with Crippen LogP contribution in [0.2, 0.25) is 0 Å². The van der Waals surface area contributed by atoms with E-state index in [0.717, 1.165) is 32.8 Å². The van der Waals surface area contributed by atoms with Gasteiger partial charge < -0.3 is 14.9 Å². The van der Waals surface area contributed by atoms with Crippen LogP contribution in [0.3, 0.4) is 0 Å². The number of nitrogens with one attached hydrogen (secondary N) is 1. The summed E-state index contributed by atoms with van der Waals surface area (Å²) in [5.74, 6) is 1.53. The lowest BCUT2D eigenvalue weighted by molar-refractivity contribution is -0.385. The van der Waals surface area contributed by atoms with Gasteiger partial charge in [0.05, 0.1) is 23.8 Å². The highest BCUT2D eigenvalue weighted by Gasteiger charge is 2.40. The second kappa shape index (κ2) is 7.72. The minimum absolute atomic E-state index is 0.0294. The van der Waals surface area contributed by atoms with Gasteiger partial charge in [-0.05, 0) is 54.1 Å². The minimum atomic E-state index is -0.537. The van der Waals surface area contributed by atoms with Gasteiger partial charge in [0.25, 0.3) is 5.69 Å². The van der Waals surface area contributed by atoms with Crippen LogP contribution in [0, 0.1) is 10.1 Å². The van der Waals surface area contributed by atoms with E-state index in [4.69, 9.17) is 9.47 Å². The number of methoxy groups -OCH3 is 1. The summed E-state index contributed by atoms with van der Waals surface area (Å²) in [4.78, 5) is 10.9. The first kappa shape index (κ1) is 19.6. The zero-order chi connectivity index (χ0) is 21.5. The van der Waals surface area contributed by atoms with Crippen LogP contribution in [-0.2, 0) is 0 Å². The van der Waals surface area contributed by atoms with E-state index in [0.29, 0.717) is 5.56 Å². The number of rotatable bonds is 4. The van der Waals surface area contributed by atoms with E-state index in [1.165, 1.54) is 6.07 Å². The number of benzene rings is 3. The van der Waals surface area contributed by atoms with Crippen molar-refractivity contribution in [2.24, 2.45) is 0 Å². The Morgan fingerprint density at radius 2 is 1.94 bits per heavy atom. The zero-order valence-corrected chi connectivity index (χ0v) is 18.1. The van der Waals surface area contributed by atoms with Gasteiger partial charge in [-0.15, -0.1) is 0 Å². The highest BCUT2D eigenvalue weighted by Crippen LogP contribution is 2.47. The molecule has 2 heterocycles. The molecule has 0 spiro atoms. The summed E-state index contributed by atoms with van der Waals surface area (Å²) in [6.45, 7) is 0. The smallest absolute Gasteiger partial charge is 0.269 e. The van der Waals surface area contributed by atoms with E-state index >= 15 is 0 Å². The molecule has 0 saturated carbocycles. The van der Waals surface area contributed by atoms with Crippen LogP contribution in [0.25, 0.3) is 5.70 Å². The number of hydrazine groups is 1. The summed E-state index contributed by atoms with van der Waals surface area (Å²) in [6.07, 6.45) is 1.60. The molecular weight excluding hydrogens is 462 g/mol. The zero-order valence-electron chi connectivity index (χ0n) is 16.5. The number of hydrogen-bond acceptors (Lipinski definition) is 6. The third-order valence-electron chi connectivity index (χ3n) is 5.42. The summed E-state index contributed by atoms with van der Waals surface area (Å²) in [6, 6.07) is 20.1. The molecule has 2 aliphatic heterocycles. The van der Waals surface area contributed by atoms with E-state index < -0.39 is 11.2 Å². The van der Waals surface area contributed by atoms with Crippen molar-refractivity contribution in [3.63, 3.8) is 0 Å².